The van der Waals surface area contributed by atoms with Crippen LogP contribution in [-0.2, 0) is 23.9 Å². The fraction of sp³-hybridized carbons (Fsp3) is 0.456. The Balaban J connectivity index is 0.000000225. The van der Waals surface area contributed by atoms with E-state index in [1.54, 1.807) is 26.4 Å². The van der Waals surface area contributed by atoms with Crippen molar-refractivity contribution < 1.29 is 33.3 Å². The molecule has 1 amide bonds. The van der Waals surface area contributed by atoms with Crippen molar-refractivity contribution in [1.29, 1.82) is 0 Å². The molecular weight excluding hydrogens is 825 g/mol. The van der Waals surface area contributed by atoms with Crippen LogP contribution in [0.3, 0.4) is 0 Å². The molecule has 4 aromatic carbocycles. The van der Waals surface area contributed by atoms with Crippen LogP contribution in [0.15, 0.2) is 97.1 Å². The SMILES string of the molecule is COC(=O)/C=C/c1cccc(N(CC2CCC(c3ccc(OC)c(C)c3)CC2)C(=O)C2CCCCC2)c1.COC(=O)/C=C/c1cccc(NCC2CCC(c3ccc(OC)c(C)c3)CC2)c1. The van der Waals surface area contributed by atoms with Gasteiger partial charge in [-0.1, -0.05) is 67.8 Å². The molecule has 66 heavy (non-hydrogen) atoms. The zero-order chi connectivity index (χ0) is 46.8. The normalized spacial score (nSPS) is 19.9. The van der Waals surface area contributed by atoms with Crippen LogP contribution in [0.25, 0.3) is 12.2 Å². The van der Waals surface area contributed by atoms with Crippen molar-refractivity contribution in [2.24, 2.45) is 17.8 Å². The summed E-state index contributed by atoms with van der Waals surface area (Å²) >= 11 is 0. The van der Waals surface area contributed by atoms with E-state index in [0.29, 0.717) is 23.7 Å². The van der Waals surface area contributed by atoms with Crippen LogP contribution in [-0.4, -0.2) is 59.4 Å². The van der Waals surface area contributed by atoms with Crippen LogP contribution in [0.2, 0.25) is 0 Å². The molecule has 3 fully saturated rings. The topological polar surface area (TPSA) is 103 Å². The third-order valence-electron chi connectivity index (χ3n) is 14.0. The molecule has 3 saturated carbocycles. The van der Waals surface area contributed by atoms with Crippen LogP contribution >= 0.6 is 0 Å². The number of carbonyl (C=O) groups excluding carboxylic acids is 3. The lowest BCUT2D eigenvalue weighted by Crippen LogP contribution is -2.41. The molecule has 7 rings (SSSR count). The second-order valence-corrected chi connectivity index (χ2v) is 18.5. The van der Waals surface area contributed by atoms with Crippen LogP contribution in [0, 0.1) is 31.6 Å². The summed E-state index contributed by atoms with van der Waals surface area (Å²) in [5.74, 6) is 3.96. The van der Waals surface area contributed by atoms with Gasteiger partial charge in [0.05, 0.1) is 28.4 Å². The molecule has 0 unspecified atom stereocenters. The van der Waals surface area contributed by atoms with Crippen molar-refractivity contribution in [3.63, 3.8) is 0 Å². The van der Waals surface area contributed by atoms with Gasteiger partial charge < -0.3 is 29.2 Å². The lowest BCUT2D eigenvalue weighted by molar-refractivity contribution is -0.135. The van der Waals surface area contributed by atoms with Crippen molar-refractivity contribution in [3.05, 3.63) is 130 Å². The van der Waals surface area contributed by atoms with Gasteiger partial charge >= 0.3 is 11.9 Å². The van der Waals surface area contributed by atoms with Crippen molar-refractivity contribution in [3.8, 4) is 11.5 Å². The van der Waals surface area contributed by atoms with E-state index in [-0.39, 0.29) is 23.8 Å². The highest BCUT2D eigenvalue weighted by atomic mass is 16.5. The smallest absolute Gasteiger partial charge is 0.330 e. The first kappa shape index (κ1) is 49.6. The Hall–Kier alpha value is -5.83. The minimum atomic E-state index is -0.385. The summed E-state index contributed by atoms with van der Waals surface area (Å²) in [7, 11) is 6.21. The molecule has 9 heteroatoms. The van der Waals surface area contributed by atoms with Gasteiger partial charge in [-0.3, -0.25) is 4.79 Å². The molecule has 3 aliphatic carbocycles. The third kappa shape index (κ3) is 14.3. The maximum absolute atomic E-state index is 13.8. The fourth-order valence-corrected chi connectivity index (χ4v) is 10.1. The Morgan fingerprint density at radius 2 is 1.11 bits per heavy atom. The molecule has 0 aromatic heterocycles. The van der Waals surface area contributed by atoms with Crippen molar-refractivity contribution in [1.82, 2.24) is 0 Å². The van der Waals surface area contributed by atoms with E-state index < -0.39 is 0 Å². The number of methoxy groups -OCH3 is 4. The van der Waals surface area contributed by atoms with Gasteiger partial charge in [0.15, 0.2) is 0 Å². The molecule has 0 spiro atoms. The van der Waals surface area contributed by atoms with Gasteiger partial charge in [0.1, 0.15) is 11.5 Å². The maximum atomic E-state index is 13.8. The van der Waals surface area contributed by atoms with Crippen molar-refractivity contribution in [2.75, 3.05) is 51.7 Å². The molecule has 0 radical (unpaired) electrons. The van der Waals surface area contributed by atoms with E-state index in [1.807, 2.05) is 41.3 Å². The van der Waals surface area contributed by atoms with E-state index in [0.717, 1.165) is 98.5 Å². The van der Waals surface area contributed by atoms with Gasteiger partial charge in [-0.25, -0.2) is 9.59 Å². The lowest BCUT2D eigenvalue weighted by atomic mass is 9.78. The van der Waals surface area contributed by atoms with E-state index in [9.17, 15) is 14.4 Å². The average molecular weight is 897 g/mol. The molecule has 0 heterocycles. The first-order valence-electron chi connectivity index (χ1n) is 24.1. The molecule has 3 aliphatic rings. The van der Waals surface area contributed by atoms with Gasteiger partial charge in [0.2, 0.25) is 5.91 Å². The van der Waals surface area contributed by atoms with Crippen LogP contribution < -0.4 is 19.7 Å². The number of hydrogen-bond acceptors (Lipinski definition) is 8. The number of aryl methyl sites for hydroxylation is 2. The predicted octanol–water partition coefficient (Wildman–Crippen LogP) is 12.7. The number of rotatable bonds is 15. The van der Waals surface area contributed by atoms with Gasteiger partial charge in [0.25, 0.3) is 0 Å². The van der Waals surface area contributed by atoms with Crippen LogP contribution in [0.1, 0.15) is 129 Å². The zero-order valence-corrected chi connectivity index (χ0v) is 40.2. The minimum absolute atomic E-state index is 0.113. The Morgan fingerprint density at radius 3 is 1.62 bits per heavy atom. The summed E-state index contributed by atoms with van der Waals surface area (Å²) in [5, 5.41) is 3.57. The summed E-state index contributed by atoms with van der Waals surface area (Å²) in [6.45, 7) is 5.97. The summed E-state index contributed by atoms with van der Waals surface area (Å²) < 4.78 is 20.2. The molecule has 0 atom stereocenters. The number of nitrogens with zero attached hydrogens (tertiary/aromatic N) is 1. The first-order chi connectivity index (χ1) is 32.1. The summed E-state index contributed by atoms with van der Waals surface area (Å²) in [6, 6.07) is 29.3. The Bertz CT molecular complexity index is 2260. The molecule has 4 aromatic rings. The van der Waals surface area contributed by atoms with E-state index in [4.69, 9.17) is 14.2 Å². The molecule has 0 bridgehead atoms. The molecule has 1 N–H and O–H groups in total. The highest BCUT2D eigenvalue weighted by Crippen LogP contribution is 2.40. The van der Waals surface area contributed by atoms with Gasteiger partial charge in [-0.15, -0.1) is 0 Å². The quantitative estimate of drug-likeness (QED) is 0.0929. The number of benzene rings is 4. The largest absolute Gasteiger partial charge is 0.496 e. The Labute approximate surface area is 394 Å². The number of amides is 1. The number of anilines is 2. The summed E-state index contributed by atoms with van der Waals surface area (Å²) in [6.07, 6.45) is 21.3. The summed E-state index contributed by atoms with van der Waals surface area (Å²) in [5.41, 5.74) is 9.14. The Morgan fingerprint density at radius 1 is 0.591 bits per heavy atom. The van der Waals surface area contributed by atoms with Crippen LogP contribution in [0.5, 0.6) is 11.5 Å². The highest BCUT2D eigenvalue weighted by molar-refractivity contribution is 5.95. The van der Waals surface area contributed by atoms with E-state index in [2.05, 4.69) is 72.4 Å². The summed E-state index contributed by atoms with van der Waals surface area (Å²) in [4.78, 5) is 38.7. The zero-order valence-electron chi connectivity index (χ0n) is 40.2. The monoisotopic (exact) mass is 897 g/mol. The maximum Gasteiger partial charge on any atom is 0.330 e. The predicted molar refractivity (Wildman–Crippen MR) is 267 cm³/mol. The van der Waals surface area contributed by atoms with Crippen LogP contribution in [0.4, 0.5) is 11.4 Å². The van der Waals surface area contributed by atoms with Gasteiger partial charge in [0, 0.05) is 42.5 Å². The average Bonchev–Trinajstić information content (AvgIpc) is 3.36. The molecular formula is C57H72N2O7. The lowest BCUT2D eigenvalue weighted by Gasteiger charge is -2.35. The van der Waals surface area contributed by atoms with Gasteiger partial charge in [-0.2, -0.15) is 0 Å². The number of esters is 2. The van der Waals surface area contributed by atoms with E-state index in [1.165, 1.54) is 80.7 Å². The minimum Gasteiger partial charge on any atom is -0.496 e. The number of carbonyl (C=O) groups is 3. The fourth-order valence-electron chi connectivity index (χ4n) is 10.1. The van der Waals surface area contributed by atoms with Gasteiger partial charge in [-0.05, 0) is 184 Å². The first-order valence-corrected chi connectivity index (χ1v) is 24.1. The molecule has 0 aliphatic heterocycles. The van der Waals surface area contributed by atoms with E-state index >= 15 is 0 Å². The molecule has 0 saturated heterocycles. The van der Waals surface area contributed by atoms with Crippen molar-refractivity contribution in [2.45, 2.75) is 109 Å². The Kier molecular flexibility index (Phi) is 18.9. The second-order valence-electron chi connectivity index (χ2n) is 18.5. The molecule has 9 nitrogen and oxygen atoms in total. The second kappa shape index (κ2) is 25.2. The highest BCUT2D eigenvalue weighted by Gasteiger charge is 2.31. The number of nitrogens with one attached hydrogen (secondary N) is 1. The van der Waals surface area contributed by atoms with Crippen molar-refractivity contribution >= 4 is 41.4 Å². The molecule has 352 valence electrons. The third-order valence-corrected chi connectivity index (χ3v) is 14.0. The number of hydrogen-bond donors (Lipinski definition) is 1. The standard InChI is InChI=1S/C32H41NO4.C25H31NO3/c1-23-20-28(17-18-30(23)36-2)26-15-12-25(13-16-26)22-33(32(35)27-9-5-4-6-10-27)29-11-7-8-24(21-29)14-19-31(34)37-3;1-18-15-22(12-13-24(18)28-2)21-10-7-20(8-11-21)17-26-23-6-4-5-19(16-23)9-14-25(27)29-3/h7-8,11,14,17-21,25-27H,4-6,9-10,12-13,15-16,22H2,1-3H3;4-6,9,12-16,20-21,26H,7-8,10-11,17H2,1-3H3/b19-14+;14-9+. The number of ether oxygens (including phenoxy) is 4.